The quantitative estimate of drug-likeness (QED) is 0.264. The number of hydrogen-bond donors (Lipinski definition) is 2. The minimum Gasteiger partial charge on any atom is -0.357 e. The van der Waals surface area contributed by atoms with Gasteiger partial charge in [0.15, 0.2) is 5.11 Å². The van der Waals surface area contributed by atoms with Gasteiger partial charge in [-0.25, -0.2) is 9.50 Å². The van der Waals surface area contributed by atoms with E-state index in [1.54, 1.807) is 17.6 Å². The van der Waals surface area contributed by atoms with E-state index in [2.05, 4.69) is 29.7 Å². The lowest BCUT2D eigenvalue weighted by atomic mass is 10.1. The summed E-state index contributed by atoms with van der Waals surface area (Å²) in [6, 6.07) is 20.1. The van der Waals surface area contributed by atoms with Gasteiger partial charge in [-0.15, -0.1) is 0 Å². The van der Waals surface area contributed by atoms with Crippen LogP contribution in [0.5, 0.6) is 0 Å². The predicted molar refractivity (Wildman–Crippen MR) is 127 cm³/mol. The summed E-state index contributed by atoms with van der Waals surface area (Å²) in [5, 5.41) is 13.7. The Bertz CT molecular complexity index is 1160. The molecule has 0 fully saturated rings. The first kappa shape index (κ1) is 20.2. The molecule has 2 heterocycles. The number of rotatable bonds is 6. The summed E-state index contributed by atoms with van der Waals surface area (Å²) >= 11 is 6.94. The molecule has 0 bridgehead atoms. The highest BCUT2D eigenvalue weighted by atomic mass is 32.1. The second-order valence-corrected chi connectivity index (χ2v) is 8.44. The Hall–Kier alpha value is -3.10. The van der Waals surface area contributed by atoms with E-state index in [0.29, 0.717) is 17.6 Å². The van der Waals surface area contributed by atoms with Crippen molar-refractivity contribution in [2.24, 2.45) is 5.10 Å². The first-order valence-electron chi connectivity index (χ1n) is 9.67. The molecule has 8 heteroatoms. The fourth-order valence-electron chi connectivity index (χ4n) is 2.91. The zero-order valence-corrected chi connectivity index (χ0v) is 18.4. The van der Waals surface area contributed by atoms with Crippen LogP contribution in [0.3, 0.4) is 0 Å². The van der Waals surface area contributed by atoms with E-state index in [1.807, 2.05) is 65.2 Å². The number of nitrogens with one attached hydrogen (secondary N) is 2. The molecule has 6 nitrogen and oxygen atoms in total. The zero-order valence-electron chi connectivity index (χ0n) is 16.7. The average Bonchev–Trinajstić information content (AvgIpc) is 3.33. The Kier molecular flexibility index (Phi) is 6.15. The highest BCUT2D eigenvalue weighted by molar-refractivity contribution is 7.80. The predicted octanol–water partition coefficient (Wildman–Crippen LogP) is 4.58. The molecular weight excluding hydrogens is 412 g/mol. The van der Waals surface area contributed by atoms with E-state index in [-0.39, 0.29) is 0 Å². The second-order valence-electron chi connectivity index (χ2n) is 7.04. The summed E-state index contributed by atoms with van der Waals surface area (Å²) in [6.07, 6.45) is 1.72. The van der Waals surface area contributed by atoms with Crippen molar-refractivity contribution >= 4 is 39.8 Å². The molecule has 0 atom stereocenters. The van der Waals surface area contributed by atoms with E-state index in [0.717, 1.165) is 32.5 Å². The number of hydrogen-bond acceptors (Lipinski definition) is 5. The molecule has 0 spiro atoms. The van der Waals surface area contributed by atoms with Crippen molar-refractivity contribution in [1.82, 2.24) is 25.3 Å². The van der Waals surface area contributed by atoms with Gasteiger partial charge in [-0.3, -0.25) is 5.43 Å². The van der Waals surface area contributed by atoms with Gasteiger partial charge in [0.05, 0.1) is 6.21 Å². The van der Waals surface area contributed by atoms with Crippen molar-refractivity contribution in [3.8, 4) is 11.3 Å². The standard InChI is InChI=1S/C22H22N6S2/c1-15(2)20-27-28-18(19(25-22(28)30-20)17-11-7-4-8-12-17)14-24-26-21(29)23-13-16-9-5-3-6-10-16/h3-12,14-15H,13H2,1-2H3,(H2,23,26,29)/b24-14+. The number of fused-ring (bicyclic) bond motifs is 1. The third-order valence-electron chi connectivity index (χ3n) is 4.44. The summed E-state index contributed by atoms with van der Waals surface area (Å²) in [5.74, 6) is 0.342. The molecule has 2 N–H and O–H groups in total. The minimum absolute atomic E-state index is 0.342. The Labute approximate surface area is 184 Å². The lowest BCUT2D eigenvalue weighted by molar-refractivity contribution is 0.800. The molecule has 0 aliphatic heterocycles. The topological polar surface area (TPSA) is 66.6 Å². The fourth-order valence-corrected chi connectivity index (χ4v) is 3.94. The van der Waals surface area contributed by atoms with Crippen molar-refractivity contribution in [1.29, 1.82) is 0 Å². The lowest BCUT2D eigenvalue weighted by Gasteiger charge is -2.06. The van der Waals surface area contributed by atoms with Crippen LogP contribution in [0.2, 0.25) is 0 Å². The molecule has 0 aliphatic rings. The molecule has 0 aliphatic carbocycles. The van der Waals surface area contributed by atoms with Crippen LogP contribution in [0.25, 0.3) is 16.2 Å². The van der Waals surface area contributed by atoms with Gasteiger partial charge in [0.25, 0.3) is 0 Å². The summed E-state index contributed by atoms with van der Waals surface area (Å²) in [5.41, 5.74) is 6.72. The zero-order chi connectivity index (χ0) is 20.9. The van der Waals surface area contributed by atoms with Crippen LogP contribution in [0, 0.1) is 0 Å². The van der Waals surface area contributed by atoms with Crippen molar-refractivity contribution in [2.45, 2.75) is 26.3 Å². The van der Waals surface area contributed by atoms with Gasteiger partial charge in [0.1, 0.15) is 16.4 Å². The first-order valence-corrected chi connectivity index (χ1v) is 10.9. The number of benzene rings is 2. The fraction of sp³-hybridized carbons (Fsp3) is 0.182. The Balaban J connectivity index is 1.54. The van der Waals surface area contributed by atoms with Crippen molar-refractivity contribution in [3.05, 3.63) is 76.9 Å². The SMILES string of the molecule is CC(C)c1nn2c(/C=N/NC(=S)NCc3ccccc3)c(-c3ccccc3)nc2s1. The molecule has 30 heavy (non-hydrogen) atoms. The average molecular weight is 435 g/mol. The maximum absolute atomic E-state index is 5.34. The molecule has 2 aromatic heterocycles. The van der Waals surface area contributed by atoms with Crippen LogP contribution in [0.15, 0.2) is 65.8 Å². The molecule has 0 saturated carbocycles. The Morgan fingerprint density at radius 1 is 1.13 bits per heavy atom. The molecule has 0 unspecified atom stereocenters. The summed E-state index contributed by atoms with van der Waals surface area (Å²) in [6.45, 7) is 4.89. The van der Waals surface area contributed by atoms with Gasteiger partial charge in [-0.05, 0) is 17.8 Å². The van der Waals surface area contributed by atoms with Gasteiger partial charge in [0, 0.05) is 18.0 Å². The van der Waals surface area contributed by atoms with E-state index in [9.17, 15) is 0 Å². The summed E-state index contributed by atoms with van der Waals surface area (Å²) in [4.78, 5) is 5.66. The summed E-state index contributed by atoms with van der Waals surface area (Å²) < 4.78 is 1.86. The number of thiocarbonyl (C=S) groups is 1. The van der Waals surface area contributed by atoms with E-state index in [4.69, 9.17) is 22.3 Å². The number of hydrazone groups is 1. The van der Waals surface area contributed by atoms with Crippen LogP contribution in [0.1, 0.15) is 36.0 Å². The Morgan fingerprint density at radius 3 is 2.53 bits per heavy atom. The molecular formula is C22H22N6S2. The van der Waals surface area contributed by atoms with Crippen LogP contribution in [-0.2, 0) is 6.54 Å². The maximum Gasteiger partial charge on any atom is 0.213 e. The largest absolute Gasteiger partial charge is 0.357 e. The van der Waals surface area contributed by atoms with Crippen LogP contribution in [0.4, 0.5) is 0 Å². The van der Waals surface area contributed by atoms with Crippen molar-refractivity contribution < 1.29 is 0 Å². The highest BCUT2D eigenvalue weighted by Crippen LogP contribution is 2.28. The maximum atomic E-state index is 5.34. The van der Waals surface area contributed by atoms with Gasteiger partial charge in [-0.2, -0.15) is 10.2 Å². The normalized spacial score (nSPS) is 11.4. The van der Waals surface area contributed by atoms with Crippen LogP contribution in [-0.4, -0.2) is 25.9 Å². The smallest absolute Gasteiger partial charge is 0.213 e. The highest BCUT2D eigenvalue weighted by Gasteiger charge is 2.17. The van der Waals surface area contributed by atoms with Gasteiger partial charge < -0.3 is 5.32 Å². The number of imidazole rings is 1. The third kappa shape index (κ3) is 4.55. The van der Waals surface area contributed by atoms with E-state index < -0.39 is 0 Å². The van der Waals surface area contributed by atoms with Gasteiger partial charge >= 0.3 is 0 Å². The van der Waals surface area contributed by atoms with Crippen LogP contribution < -0.4 is 10.7 Å². The molecule has 152 valence electrons. The monoisotopic (exact) mass is 434 g/mol. The molecule has 2 aromatic carbocycles. The number of aromatic nitrogens is 3. The van der Waals surface area contributed by atoms with E-state index in [1.165, 1.54) is 0 Å². The molecule has 0 radical (unpaired) electrons. The molecule has 4 aromatic rings. The van der Waals surface area contributed by atoms with E-state index >= 15 is 0 Å². The third-order valence-corrected chi connectivity index (χ3v) is 5.89. The van der Waals surface area contributed by atoms with Crippen molar-refractivity contribution in [2.75, 3.05) is 0 Å². The van der Waals surface area contributed by atoms with Crippen LogP contribution >= 0.6 is 23.6 Å². The van der Waals surface area contributed by atoms with Gasteiger partial charge in [-0.1, -0.05) is 85.8 Å². The van der Waals surface area contributed by atoms with Gasteiger partial charge in [0.2, 0.25) is 4.96 Å². The summed E-state index contributed by atoms with van der Waals surface area (Å²) in [7, 11) is 0. The number of nitrogens with zero attached hydrogens (tertiary/aromatic N) is 4. The molecule has 4 rings (SSSR count). The van der Waals surface area contributed by atoms with Crippen molar-refractivity contribution in [3.63, 3.8) is 0 Å². The first-order chi connectivity index (χ1) is 14.6. The minimum atomic E-state index is 0.342. The second kappa shape index (κ2) is 9.15. The lowest BCUT2D eigenvalue weighted by Crippen LogP contribution is -2.31. The Morgan fingerprint density at radius 2 is 1.83 bits per heavy atom. The molecule has 0 amide bonds. The molecule has 0 saturated heterocycles.